The molecule has 0 aliphatic rings. The summed E-state index contributed by atoms with van der Waals surface area (Å²) in [4.78, 5) is 0. The molecule has 0 saturated heterocycles. The molecule has 1 heterocycles. The predicted octanol–water partition coefficient (Wildman–Crippen LogP) is 2.26. The lowest BCUT2D eigenvalue weighted by atomic mass is 10.2. The number of nitrogens with zero attached hydrogens (tertiary/aromatic N) is 2. The molecule has 1 aromatic heterocycles. The summed E-state index contributed by atoms with van der Waals surface area (Å²) in [6.07, 6.45) is 2.28. The maximum Gasteiger partial charge on any atom is 0.109 e. The first-order valence-corrected chi connectivity index (χ1v) is 6.48. The molecule has 0 spiro atoms. The molecule has 0 amide bonds. The summed E-state index contributed by atoms with van der Waals surface area (Å²) in [5, 5.41) is 17.5. The maximum absolute atomic E-state index is 10.1. The Morgan fingerprint density at radius 3 is 2.81 bits per heavy atom. The summed E-state index contributed by atoms with van der Waals surface area (Å²) >= 11 is 3.42. The number of halogens is 1. The van der Waals surface area contributed by atoms with E-state index >= 15 is 0 Å². The van der Waals surface area contributed by atoms with E-state index in [0.717, 1.165) is 23.1 Å². The predicted molar refractivity (Wildman–Crippen MR) is 68.4 cm³/mol. The lowest BCUT2D eigenvalue weighted by molar-refractivity contribution is 0.161. The van der Waals surface area contributed by atoms with Crippen LogP contribution in [0.2, 0.25) is 0 Å². The molecule has 0 fully saturated rings. The number of nitrogens with one attached hydrogen (secondary N) is 1. The largest absolute Gasteiger partial charge is 0.385 e. The van der Waals surface area contributed by atoms with Gasteiger partial charge in [-0.3, -0.25) is 4.68 Å². The van der Waals surface area contributed by atoms with E-state index in [9.17, 15) is 5.11 Å². The Kier molecular flexibility index (Phi) is 5.44. The van der Waals surface area contributed by atoms with Crippen LogP contribution in [0.5, 0.6) is 0 Å². The zero-order valence-corrected chi connectivity index (χ0v) is 11.7. The van der Waals surface area contributed by atoms with Crippen molar-refractivity contribution in [3.63, 3.8) is 0 Å². The highest BCUT2D eigenvalue weighted by atomic mass is 79.9. The van der Waals surface area contributed by atoms with Crippen molar-refractivity contribution in [3.8, 4) is 0 Å². The fraction of sp³-hybridized carbons (Fsp3) is 0.727. The summed E-state index contributed by atoms with van der Waals surface area (Å²) in [7, 11) is 0. The topological polar surface area (TPSA) is 50.1 Å². The molecule has 1 aromatic rings. The van der Waals surface area contributed by atoms with Crippen molar-refractivity contribution >= 4 is 15.9 Å². The van der Waals surface area contributed by atoms with Gasteiger partial charge in [-0.1, -0.05) is 6.92 Å². The van der Waals surface area contributed by atoms with Crippen LogP contribution in [0, 0.1) is 0 Å². The lowest BCUT2D eigenvalue weighted by Crippen LogP contribution is -2.24. The Morgan fingerprint density at radius 2 is 2.25 bits per heavy atom. The van der Waals surface area contributed by atoms with Gasteiger partial charge in [-0.05, 0) is 42.7 Å². The van der Waals surface area contributed by atoms with Crippen LogP contribution in [-0.4, -0.2) is 28.0 Å². The second-order valence-electron chi connectivity index (χ2n) is 4.14. The number of rotatable bonds is 6. The van der Waals surface area contributed by atoms with E-state index in [4.69, 9.17) is 0 Å². The van der Waals surface area contributed by atoms with E-state index in [-0.39, 0.29) is 6.04 Å². The minimum absolute atomic E-state index is 0.252. The summed E-state index contributed by atoms with van der Waals surface area (Å²) < 4.78 is 2.72. The molecule has 92 valence electrons. The SMILES string of the molecule is CCCNCC(O)c1c(Br)cnn1C(C)C. The Hall–Kier alpha value is -0.390. The van der Waals surface area contributed by atoms with E-state index in [2.05, 4.69) is 47.1 Å². The molecular weight excluding hydrogens is 270 g/mol. The highest BCUT2D eigenvalue weighted by molar-refractivity contribution is 9.10. The molecule has 4 nitrogen and oxygen atoms in total. The normalized spacial score (nSPS) is 13.4. The second kappa shape index (κ2) is 6.37. The van der Waals surface area contributed by atoms with Crippen LogP contribution in [0.25, 0.3) is 0 Å². The molecule has 0 bridgehead atoms. The molecule has 1 rings (SSSR count). The van der Waals surface area contributed by atoms with Crippen LogP contribution in [-0.2, 0) is 0 Å². The molecule has 1 atom stereocenters. The van der Waals surface area contributed by atoms with Crippen molar-refractivity contribution < 1.29 is 5.11 Å². The number of aromatic nitrogens is 2. The third-order valence-electron chi connectivity index (χ3n) is 2.36. The number of aliphatic hydroxyl groups excluding tert-OH is 1. The summed E-state index contributed by atoms with van der Waals surface area (Å²) in [5.41, 5.74) is 0.846. The molecule has 0 aliphatic carbocycles. The minimum Gasteiger partial charge on any atom is -0.385 e. The molecule has 1 unspecified atom stereocenters. The molecule has 0 aromatic carbocycles. The van der Waals surface area contributed by atoms with Crippen LogP contribution < -0.4 is 5.32 Å². The van der Waals surface area contributed by atoms with Crippen LogP contribution in [0.15, 0.2) is 10.7 Å². The van der Waals surface area contributed by atoms with E-state index in [1.54, 1.807) is 6.20 Å². The third kappa shape index (κ3) is 3.30. The molecule has 0 radical (unpaired) electrons. The molecule has 0 saturated carbocycles. The Balaban J connectivity index is 2.73. The van der Waals surface area contributed by atoms with Gasteiger partial charge in [0.2, 0.25) is 0 Å². The number of hydrogen-bond donors (Lipinski definition) is 2. The van der Waals surface area contributed by atoms with Crippen molar-refractivity contribution in [1.82, 2.24) is 15.1 Å². The molecule has 5 heteroatoms. The Morgan fingerprint density at radius 1 is 1.56 bits per heavy atom. The van der Waals surface area contributed by atoms with Gasteiger partial charge in [0.25, 0.3) is 0 Å². The van der Waals surface area contributed by atoms with Gasteiger partial charge in [0.1, 0.15) is 6.10 Å². The van der Waals surface area contributed by atoms with Gasteiger partial charge in [0.15, 0.2) is 0 Å². The third-order valence-corrected chi connectivity index (χ3v) is 2.97. The zero-order valence-electron chi connectivity index (χ0n) is 10.1. The summed E-state index contributed by atoms with van der Waals surface area (Å²) in [5.74, 6) is 0. The van der Waals surface area contributed by atoms with E-state index in [0.29, 0.717) is 6.54 Å². The average molecular weight is 290 g/mol. The van der Waals surface area contributed by atoms with Crippen LogP contribution >= 0.6 is 15.9 Å². The average Bonchev–Trinajstić information content (AvgIpc) is 2.60. The first-order valence-electron chi connectivity index (χ1n) is 5.69. The molecular formula is C11H20BrN3O. The molecule has 2 N–H and O–H groups in total. The van der Waals surface area contributed by atoms with Crippen LogP contribution in [0.4, 0.5) is 0 Å². The molecule has 0 aliphatic heterocycles. The van der Waals surface area contributed by atoms with Crippen molar-refractivity contribution in [3.05, 3.63) is 16.4 Å². The number of hydrogen-bond acceptors (Lipinski definition) is 3. The van der Waals surface area contributed by atoms with Gasteiger partial charge < -0.3 is 10.4 Å². The van der Waals surface area contributed by atoms with Crippen molar-refractivity contribution in [2.24, 2.45) is 0 Å². The van der Waals surface area contributed by atoms with Crippen molar-refractivity contribution in [2.75, 3.05) is 13.1 Å². The molecule has 16 heavy (non-hydrogen) atoms. The Bertz CT molecular complexity index is 325. The smallest absolute Gasteiger partial charge is 0.109 e. The highest BCUT2D eigenvalue weighted by Crippen LogP contribution is 2.25. The number of aliphatic hydroxyl groups is 1. The Labute approximate surface area is 105 Å². The lowest BCUT2D eigenvalue weighted by Gasteiger charge is -2.17. The standard InChI is InChI=1S/C11H20BrN3O/c1-4-5-13-7-10(16)11-9(12)6-14-15(11)8(2)3/h6,8,10,13,16H,4-5,7H2,1-3H3. The first-order chi connectivity index (χ1) is 7.57. The van der Waals surface area contributed by atoms with E-state index in [1.165, 1.54) is 0 Å². The quantitative estimate of drug-likeness (QED) is 0.790. The maximum atomic E-state index is 10.1. The van der Waals surface area contributed by atoms with Gasteiger partial charge in [-0.15, -0.1) is 0 Å². The van der Waals surface area contributed by atoms with E-state index < -0.39 is 6.10 Å². The van der Waals surface area contributed by atoms with Crippen LogP contribution in [0.1, 0.15) is 45.0 Å². The second-order valence-corrected chi connectivity index (χ2v) is 4.99. The van der Waals surface area contributed by atoms with Gasteiger partial charge in [0.05, 0.1) is 16.4 Å². The van der Waals surface area contributed by atoms with Gasteiger partial charge in [-0.25, -0.2) is 0 Å². The first kappa shape index (κ1) is 13.7. The van der Waals surface area contributed by atoms with Gasteiger partial charge in [0, 0.05) is 12.6 Å². The van der Waals surface area contributed by atoms with Crippen molar-refractivity contribution in [1.29, 1.82) is 0 Å². The fourth-order valence-corrected chi connectivity index (χ4v) is 2.12. The fourth-order valence-electron chi connectivity index (χ4n) is 1.59. The highest BCUT2D eigenvalue weighted by Gasteiger charge is 2.18. The van der Waals surface area contributed by atoms with Gasteiger partial charge >= 0.3 is 0 Å². The zero-order chi connectivity index (χ0) is 12.1. The summed E-state index contributed by atoms with van der Waals surface area (Å²) in [6.45, 7) is 7.69. The summed E-state index contributed by atoms with van der Waals surface area (Å²) in [6, 6.07) is 0.252. The monoisotopic (exact) mass is 289 g/mol. The van der Waals surface area contributed by atoms with Gasteiger partial charge in [-0.2, -0.15) is 5.10 Å². The minimum atomic E-state index is -0.522. The van der Waals surface area contributed by atoms with E-state index in [1.807, 2.05) is 4.68 Å². The van der Waals surface area contributed by atoms with Crippen LogP contribution in [0.3, 0.4) is 0 Å². The van der Waals surface area contributed by atoms with Crippen molar-refractivity contribution in [2.45, 2.75) is 39.3 Å².